The zero-order valence-electron chi connectivity index (χ0n) is 21.5. The molecule has 33 heavy (non-hydrogen) atoms. The van der Waals surface area contributed by atoms with Gasteiger partial charge in [-0.2, -0.15) is 11.8 Å². The largest absolute Gasteiger partial charge is 0.480 e. The molecule has 2 amide bonds. The summed E-state index contributed by atoms with van der Waals surface area (Å²) in [5.74, 6) is -0.972. The zero-order chi connectivity index (χ0) is 25.4. The minimum absolute atomic E-state index is 0.0912. The first-order valence-corrected chi connectivity index (χ1v) is 13.0. The standard InChI is InChI=1S/C26H44N2O4S/c1-8-21(6)24(27-22(7)29)25(30)28-23(26(31)32)17-33-16-15-20(5)14-10-13-19(4)12-9-11-18(2)3/h11,13,15,21,23-24H,8-10,12,14,16-17H2,1-7H3,(H,27,29)(H,28,30)(H,31,32)/t21-,23?,24+/m0/s1. The fraction of sp³-hybridized carbons (Fsp3) is 0.654. The minimum Gasteiger partial charge on any atom is -0.480 e. The van der Waals surface area contributed by atoms with E-state index in [0.717, 1.165) is 25.7 Å². The molecule has 0 saturated carbocycles. The van der Waals surface area contributed by atoms with Crippen molar-refractivity contribution in [3.8, 4) is 0 Å². The number of hydrogen-bond acceptors (Lipinski definition) is 4. The summed E-state index contributed by atoms with van der Waals surface area (Å²) in [6.45, 7) is 13.6. The Bertz CT molecular complexity index is 724. The lowest BCUT2D eigenvalue weighted by atomic mass is 9.98. The van der Waals surface area contributed by atoms with Crippen LogP contribution in [0, 0.1) is 5.92 Å². The number of rotatable bonds is 16. The number of aliphatic carboxylic acids is 1. The summed E-state index contributed by atoms with van der Waals surface area (Å²) in [6, 6.07) is -1.73. The van der Waals surface area contributed by atoms with Crippen LogP contribution in [0.15, 0.2) is 34.9 Å². The van der Waals surface area contributed by atoms with E-state index < -0.39 is 24.0 Å². The van der Waals surface area contributed by atoms with E-state index in [-0.39, 0.29) is 17.6 Å². The molecule has 0 heterocycles. The maximum Gasteiger partial charge on any atom is 0.327 e. The van der Waals surface area contributed by atoms with Crippen molar-refractivity contribution in [1.29, 1.82) is 0 Å². The first kappa shape index (κ1) is 31.0. The Balaban J connectivity index is 4.58. The van der Waals surface area contributed by atoms with E-state index in [0.29, 0.717) is 12.2 Å². The van der Waals surface area contributed by atoms with Crippen LogP contribution in [-0.4, -0.2) is 46.5 Å². The van der Waals surface area contributed by atoms with Gasteiger partial charge in [-0.15, -0.1) is 0 Å². The molecule has 0 aliphatic heterocycles. The number of hydrogen-bond donors (Lipinski definition) is 3. The van der Waals surface area contributed by atoms with Crippen LogP contribution < -0.4 is 10.6 Å². The lowest BCUT2D eigenvalue weighted by molar-refractivity contribution is -0.141. The number of carbonyl (C=O) groups is 3. The molecule has 0 aromatic carbocycles. The van der Waals surface area contributed by atoms with Crippen LogP contribution in [0.25, 0.3) is 0 Å². The Morgan fingerprint density at radius 3 is 2.00 bits per heavy atom. The van der Waals surface area contributed by atoms with E-state index in [4.69, 9.17) is 0 Å². The number of allylic oxidation sites excluding steroid dienone is 5. The Labute approximate surface area is 204 Å². The first-order chi connectivity index (χ1) is 15.5. The monoisotopic (exact) mass is 480 g/mol. The van der Waals surface area contributed by atoms with Crippen LogP contribution in [0.5, 0.6) is 0 Å². The van der Waals surface area contributed by atoms with E-state index in [1.807, 2.05) is 13.8 Å². The molecule has 0 aliphatic rings. The molecule has 0 aromatic heterocycles. The van der Waals surface area contributed by atoms with Crippen LogP contribution in [0.1, 0.15) is 80.6 Å². The van der Waals surface area contributed by atoms with Gasteiger partial charge < -0.3 is 15.7 Å². The maximum absolute atomic E-state index is 12.6. The van der Waals surface area contributed by atoms with Crippen molar-refractivity contribution in [2.45, 2.75) is 92.7 Å². The molecule has 0 spiro atoms. The van der Waals surface area contributed by atoms with E-state index in [1.54, 1.807) is 0 Å². The highest BCUT2D eigenvalue weighted by Gasteiger charge is 2.28. The molecule has 0 fully saturated rings. The lowest BCUT2D eigenvalue weighted by Crippen LogP contribution is -2.54. The third-order valence-corrected chi connectivity index (χ3v) is 6.40. The van der Waals surface area contributed by atoms with E-state index in [9.17, 15) is 19.5 Å². The SMILES string of the molecule is CC[C@H](C)[C@@H](NC(C)=O)C(=O)NC(CSCC=C(C)CCC=C(C)CCC=C(C)C)C(=O)O. The van der Waals surface area contributed by atoms with Crippen LogP contribution in [0.2, 0.25) is 0 Å². The second-order valence-electron chi connectivity index (χ2n) is 8.96. The summed E-state index contributed by atoms with van der Waals surface area (Å²) in [6.07, 6.45) is 11.5. The fourth-order valence-electron chi connectivity index (χ4n) is 3.08. The Morgan fingerprint density at radius 2 is 1.48 bits per heavy atom. The maximum atomic E-state index is 12.6. The van der Waals surface area contributed by atoms with E-state index in [1.165, 1.54) is 35.4 Å². The van der Waals surface area contributed by atoms with Crippen molar-refractivity contribution in [1.82, 2.24) is 10.6 Å². The summed E-state index contributed by atoms with van der Waals surface area (Å²) >= 11 is 1.47. The predicted molar refractivity (Wildman–Crippen MR) is 139 cm³/mol. The Kier molecular flexibility index (Phi) is 16.4. The van der Waals surface area contributed by atoms with Crippen molar-refractivity contribution >= 4 is 29.5 Å². The second kappa shape index (κ2) is 17.5. The van der Waals surface area contributed by atoms with Gasteiger partial charge in [-0.25, -0.2) is 4.79 Å². The highest BCUT2D eigenvalue weighted by molar-refractivity contribution is 7.99. The average Bonchev–Trinajstić information content (AvgIpc) is 2.72. The van der Waals surface area contributed by atoms with Crippen LogP contribution in [-0.2, 0) is 14.4 Å². The molecule has 0 saturated heterocycles. The van der Waals surface area contributed by atoms with Crippen molar-refractivity contribution in [2.24, 2.45) is 5.92 Å². The molecule has 0 rings (SSSR count). The first-order valence-electron chi connectivity index (χ1n) is 11.8. The van der Waals surface area contributed by atoms with Gasteiger partial charge >= 0.3 is 5.97 Å². The molecule has 0 bridgehead atoms. The number of carboxylic acid groups (broad SMARTS) is 1. The molecule has 188 valence electrons. The fourth-order valence-corrected chi connectivity index (χ4v) is 4.08. The van der Waals surface area contributed by atoms with Gasteiger partial charge in [0, 0.05) is 18.4 Å². The smallest absolute Gasteiger partial charge is 0.327 e. The quantitative estimate of drug-likeness (QED) is 0.207. The second-order valence-corrected chi connectivity index (χ2v) is 10.0. The lowest BCUT2D eigenvalue weighted by Gasteiger charge is -2.24. The highest BCUT2D eigenvalue weighted by Crippen LogP contribution is 2.14. The van der Waals surface area contributed by atoms with Crippen LogP contribution >= 0.6 is 11.8 Å². The summed E-state index contributed by atoms with van der Waals surface area (Å²) in [5, 5.41) is 14.7. The van der Waals surface area contributed by atoms with Crippen molar-refractivity contribution in [3.05, 3.63) is 34.9 Å². The molecule has 0 aliphatic carbocycles. The summed E-state index contributed by atoms with van der Waals surface area (Å²) in [4.78, 5) is 35.6. The predicted octanol–water partition coefficient (Wildman–Crippen LogP) is 5.26. The number of thioether (sulfide) groups is 1. The summed E-state index contributed by atoms with van der Waals surface area (Å²) in [5.41, 5.74) is 4.03. The number of nitrogens with one attached hydrogen (secondary N) is 2. The van der Waals surface area contributed by atoms with Crippen LogP contribution in [0.4, 0.5) is 0 Å². The molecule has 6 nitrogen and oxygen atoms in total. The number of carbonyl (C=O) groups excluding carboxylic acids is 2. The highest BCUT2D eigenvalue weighted by atomic mass is 32.2. The summed E-state index contributed by atoms with van der Waals surface area (Å²) < 4.78 is 0. The Morgan fingerprint density at radius 1 is 0.909 bits per heavy atom. The number of amides is 2. The molecule has 1 unspecified atom stereocenters. The topological polar surface area (TPSA) is 95.5 Å². The molecule has 7 heteroatoms. The van der Waals surface area contributed by atoms with Gasteiger partial charge in [-0.05, 0) is 59.3 Å². The summed E-state index contributed by atoms with van der Waals surface area (Å²) in [7, 11) is 0. The average molecular weight is 481 g/mol. The van der Waals surface area contributed by atoms with Gasteiger partial charge in [0.25, 0.3) is 0 Å². The molecule has 3 N–H and O–H groups in total. The van der Waals surface area contributed by atoms with Gasteiger partial charge in [0.05, 0.1) is 0 Å². The van der Waals surface area contributed by atoms with E-state index in [2.05, 4.69) is 56.6 Å². The van der Waals surface area contributed by atoms with Crippen molar-refractivity contribution in [2.75, 3.05) is 11.5 Å². The van der Waals surface area contributed by atoms with Gasteiger partial charge in [0.2, 0.25) is 11.8 Å². The van der Waals surface area contributed by atoms with E-state index >= 15 is 0 Å². The molecular formula is C26H44N2O4S. The van der Waals surface area contributed by atoms with Crippen molar-refractivity contribution < 1.29 is 19.5 Å². The minimum atomic E-state index is -1.07. The van der Waals surface area contributed by atoms with Gasteiger partial charge in [-0.1, -0.05) is 55.2 Å². The Hall–Kier alpha value is -2.02. The molecule has 0 radical (unpaired) electrons. The zero-order valence-corrected chi connectivity index (χ0v) is 22.3. The molecular weight excluding hydrogens is 436 g/mol. The van der Waals surface area contributed by atoms with Gasteiger partial charge in [0.1, 0.15) is 12.1 Å². The number of carboxylic acids is 1. The molecule has 0 aromatic rings. The normalized spacial score (nSPS) is 14.8. The third kappa shape index (κ3) is 15.4. The van der Waals surface area contributed by atoms with Gasteiger partial charge in [-0.3, -0.25) is 9.59 Å². The molecule has 3 atom stereocenters. The third-order valence-electron chi connectivity index (χ3n) is 5.43. The van der Waals surface area contributed by atoms with Gasteiger partial charge in [0.15, 0.2) is 0 Å². The van der Waals surface area contributed by atoms with Crippen LogP contribution in [0.3, 0.4) is 0 Å². The van der Waals surface area contributed by atoms with Crippen molar-refractivity contribution in [3.63, 3.8) is 0 Å².